The third-order valence-corrected chi connectivity index (χ3v) is 5.23. The van der Waals surface area contributed by atoms with Gasteiger partial charge in [0.15, 0.2) is 0 Å². The number of hydrogen-bond acceptors (Lipinski definition) is 2. The minimum atomic E-state index is 0.420. The zero-order chi connectivity index (χ0) is 13.2. The quantitative estimate of drug-likeness (QED) is 0.779. The van der Waals surface area contributed by atoms with Crippen LogP contribution < -0.4 is 0 Å². The highest BCUT2D eigenvalue weighted by Crippen LogP contribution is 2.34. The normalized spacial score (nSPS) is 29.6. The molecule has 0 N–H and O–H groups in total. The van der Waals surface area contributed by atoms with Gasteiger partial charge in [-0.2, -0.15) is 0 Å². The van der Waals surface area contributed by atoms with Crippen LogP contribution in [-0.2, 0) is 4.79 Å². The first kappa shape index (κ1) is 13.4. The van der Waals surface area contributed by atoms with Crippen LogP contribution in [0.4, 0.5) is 0 Å². The van der Waals surface area contributed by atoms with E-state index in [1.807, 2.05) is 0 Å². The van der Waals surface area contributed by atoms with Crippen molar-refractivity contribution in [2.45, 2.75) is 82.8 Å². The average Bonchev–Trinajstić information content (AvgIpc) is 3.07. The van der Waals surface area contributed by atoms with Gasteiger partial charge in [-0.3, -0.25) is 9.69 Å². The zero-order valence-electron chi connectivity index (χ0n) is 12.3. The SMILES string of the molecule is CC1CCCCN1CC(=O)N(C1CCCC1)C1CC1. The zero-order valence-corrected chi connectivity index (χ0v) is 12.3. The lowest BCUT2D eigenvalue weighted by atomic mass is 10.0. The van der Waals surface area contributed by atoms with E-state index in [0.717, 1.165) is 6.54 Å². The highest BCUT2D eigenvalue weighted by Gasteiger charge is 2.38. The largest absolute Gasteiger partial charge is 0.336 e. The predicted molar refractivity (Wildman–Crippen MR) is 77.0 cm³/mol. The van der Waals surface area contributed by atoms with Crippen LogP contribution in [0.3, 0.4) is 0 Å². The Morgan fingerprint density at radius 2 is 1.63 bits per heavy atom. The van der Waals surface area contributed by atoms with Crippen LogP contribution in [0.25, 0.3) is 0 Å². The molecule has 3 heteroatoms. The molecular weight excluding hydrogens is 236 g/mol. The van der Waals surface area contributed by atoms with Crippen LogP contribution in [0.1, 0.15) is 64.7 Å². The minimum absolute atomic E-state index is 0.420. The molecule has 1 saturated heterocycles. The number of piperidine rings is 1. The van der Waals surface area contributed by atoms with Crippen LogP contribution >= 0.6 is 0 Å². The van der Waals surface area contributed by atoms with Crippen molar-refractivity contribution in [1.29, 1.82) is 0 Å². The van der Waals surface area contributed by atoms with Gasteiger partial charge in [0.05, 0.1) is 6.54 Å². The Labute approximate surface area is 117 Å². The van der Waals surface area contributed by atoms with Crippen molar-refractivity contribution in [2.75, 3.05) is 13.1 Å². The molecule has 1 atom stereocenters. The summed E-state index contributed by atoms with van der Waals surface area (Å²) in [6, 6.07) is 1.76. The van der Waals surface area contributed by atoms with Crippen molar-refractivity contribution in [3.05, 3.63) is 0 Å². The second-order valence-corrected chi connectivity index (χ2v) is 6.79. The number of carbonyl (C=O) groups excluding carboxylic acids is 1. The molecule has 0 bridgehead atoms. The van der Waals surface area contributed by atoms with Gasteiger partial charge < -0.3 is 4.90 Å². The summed E-state index contributed by atoms with van der Waals surface area (Å²) in [4.78, 5) is 17.4. The summed E-state index contributed by atoms with van der Waals surface area (Å²) in [6.07, 6.45) is 11.5. The van der Waals surface area contributed by atoms with Gasteiger partial charge in [0, 0.05) is 18.1 Å². The Balaban J connectivity index is 1.60. The summed E-state index contributed by atoms with van der Waals surface area (Å²) in [5.41, 5.74) is 0. The molecule has 1 amide bonds. The number of nitrogens with zero attached hydrogens (tertiary/aromatic N) is 2. The van der Waals surface area contributed by atoms with Gasteiger partial charge in [-0.05, 0) is 52.0 Å². The van der Waals surface area contributed by atoms with Crippen LogP contribution in [-0.4, -0.2) is 46.9 Å². The Morgan fingerprint density at radius 3 is 2.26 bits per heavy atom. The van der Waals surface area contributed by atoms with Crippen molar-refractivity contribution in [1.82, 2.24) is 9.80 Å². The van der Waals surface area contributed by atoms with Crippen molar-refractivity contribution in [3.8, 4) is 0 Å². The maximum absolute atomic E-state index is 12.7. The van der Waals surface area contributed by atoms with Crippen LogP contribution in [0.15, 0.2) is 0 Å². The van der Waals surface area contributed by atoms with Crippen molar-refractivity contribution in [3.63, 3.8) is 0 Å². The van der Waals surface area contributed by atoms with Gasteiger partial charge in [-0.15, -0.1) is 0 Å². The maximum Gasteiger partial charge on any atom is 0.237 e. The molecule has 1 aliphatic heterocycles. The van der Waals surface area contributed by atoms with E-state index in [1.54, 1.807) is 0 Å². The molecule has 3 fully saturated rings. The first-order valence-electron chi connectivity index (χ1n) is 8.31. The number of rotatable bonds is 4. The third-order valence-electron chi connectivity index (χ3n) is 5.23. The van der Waals surface area contributed by atoms with Gasteiger partial charge in [-0.1, -0.05) is 19.3 Å². The smallest absolute Gasteiger partial charge is 0.237 e. The minimum Gasteiger partial charge on any atom is -0.336 e. The van der Waals surface area contributed by atoms with E-state index < -0.39 is 0 Å². The molecule has 1 unspecified atom stereocenters. The summed E-state index contributed by atoms with van der Waals surface area (Å²) in [5.74, 6) is 0.420. The molecule has 0 spiro atoms. The predicted octanol–water partition coefficient (Wildman–Crippen LogP) is 2.79. The monoisotopic (exact) mass is 264 g/mol. The topological polar surface area (TPSA) is 23.6 Å². The third kappa shape index (κ3) is 3.13. The van der Waals surface area contributed by atoms with E-state index in [4.69, 9.17) is 0 Å². The number of carbonyl (C=O) groups is 1. The van der Waals surface area contributed by atoms with E-state index in [1.165, 1.54) is 57.8 Å². The van der Waals surface area contributed by atoms with Crippen molar-refractivity contribution >= 4 is 5.91 Å². The molecule has 0 radical (unpaired) electrons. The highest BCUT2D eigenvalue weighted by molar-refractivity contribution is 5.79. The fraction of sp³-hybridized carbons (Fsp3) is 0.938. The standard InChI is InChI=1S/C16H28N2O/c1-13-6-4-5-11-17(13)12-16(19)18(15-9-10-15)14-7-2-3-8-14/h13-15H,2-12H2,1H3. The molecule has 3 aliphatic rings. The highest BCUT2D eigenvalue weighted by atomic mass is 16.2. The molecule has 3 nitrogen and oxygen atoms in total. The van der Waals surface area contributed by atoms with Crippen LogP contribution in [0, 0.1) is 0 Å². The lowest BCUT2D eigenvalue weighted by molar-refractivity contribution is -0.136. The van der Waals surface area contributed by atoms with Gasteiger partial charge in [0.25, 0.3) is 0 Å². The summed E-state index contributed by atoms with van der Waals surface area (Å²) in [5, 5.41) is 0. The van der Waals surface area contributed by atoms with E-state index in [0.29, 0.717) is 30.6 Å². The van der Waals surface area contributed by atoms with Crippen LogP contribution in [0.5, 0.6) is 0 Å². The molecule has 2 saturated carbocycles. The van der Waals surface area contributed by atoms with Gasteiger partial charge in [-0.25, -0.2) is 0 Å². The van der Waals surface area contributed by atoms with E-state index in [2.05, 4.69) is 16.7 Å². The summed E-state index contributed by atoms with van der Waals surface area (Å²) < 4.78 is 0. The van der Waals surface area contributed by atoms with Gasteiger partial charge in [0.2, 0.25) is 5.91 Å². The van der Waals surface area contributed by atoms with Crippen molar-refractivity contribution in [2.24, 2.45) is 0 Å². The Bertz CT molecular complexity index is 321. The van der Waals surface area contributed by atoms with E-state index in [-0.39, 0.29) is 0 Å². The summed E-state index contributed by atoms with van der Waals surface area (Å²) in [7, 11) is 0. The fourth-order valence-electron chi connectivity index (χ4n) is 3.89. The number of amides is 1. The molecule has 2 aliphatic carbocycles. The van der Waals surface area contributed by atoms with Crippen molar-refractivity contribution < 1.29 is 4.79 Å². The molecule has 0 aromatic carbocycles. The number of hydrogen-bond donors (Lipinski definition) is 0. The molecule has 0 aromatic heterocycles. The molecule has 1 heterocycles. The Morgan fingerprint density at radius 1 is 1.00 bits per heavy atom. The van der Waals surface area contributed by atoms with Crippen LogP contribution in [0.2, 0.25) is 0 Å². The molecule has 108 valence electrons. The van der Waals surface area contributed by atoms with Gasteiger partial charge >= 0.3 is 0 Å². The molecule has 3 rings (SSSR count). The lowest BCUT2D eigenvalue weighted by Gasteiger charge is -2.36. The summed E-state index contributed by atoms with van der Waals surface area (Å²) >= 11 is 0. The number of likely N-dealkylation sites (tertiary alicyclic amines) is 1. The fourth-order valence-corrected chi connectivity index (χ4v) is 3.89. The molecular formula is C16H28N2O. The molecule has 0 aromatic rings. The lowest BCUT2D eigenvalue weighted by Crippen LogP contribution is -2.49. The Kier molecular flexibility index (Phi) is 4.11. The average molecular weight is 264 g/mol. The van der Waals surface area contributed by atoms with E-state index >= 15 is 0 Å². The Hall–Kier alpha value is -0.570. The second kappa shape index (κ2) is 5.82. The summed E-state index contributed by atoms with van der Waals surface area (Å²) in [6.45, 7) is 4.08. The maximum atomic E-state index is 12.7. The molecule has 19 heavy (non-hydrogen) atoms. The van der Waals surface area contributed by atoms with E-state index in [9.17, 15) is 4.79 Å². The first-order chi connectivity index (χ1) is 9.25. The first-order valence-corrected chi connectivity index (χ1v) is 8.31. The van der Waals surface area contributed by atoms with Gasteiger partial charge in [0.1, 0.15) is 0 Å². The second-order valence-electron chi connectivity index (χ2n) is 6.79.